The van der Waals surface area contributed by atoms with Crippen LogP contribution in [0, 0.1) is 5.92 Å². The fourth-order valence-electron chi connectivity index (χ4n) is 3.02. The van der Waals surface area contributed by atoms with E-state index in [0.717, 1.165) is 28.1 Å². The molecule has 0 radical (unpaired) electrons. The Bertz CT molecular complexity index is 846. The molecule has 27 heavy (non-hydrogen) atoms. The number of aliphatic imine (C=N–C) groups is 1. The minimum absolute atomic E-state index is 0.0705. The summed E-state index contributed by atoms with van der Waals surface area (Å²) in [6.07, 6.45) is 12.3. The molecule has 142 valence electrons. The zero-order valence-corrected chi connectivity index (χ0v) is 17.3. The molecule has 1 atom stereocenters. The Labute approximate surface area is 167 Å². The Kier molecular flexibility index (Phi) is 6.98. The molecule has 0 aromatic carbocycles. The van der Waals surface area contributed by atoms with Crippen molar-refractivity contribution in [3.8, 4) is 0 Å². The molecule has 2 rings (SSSR count). The predicted octanol–water partition coefficient (Wildman–Crippen LogP) is 5.85. The maximum Gasteiger partial charge on any atom is 0.258 e. The standard InChI is InChI=1S/C23H27ClN2O/c1-7-26-17(6)19(11-12-25-16(4)5)13-21(23(26)27)20-10-8-9-18(15(2)3)14-22(20)24/h9-14,19H,2,6-8H2,1,3-5H3. The van der Waals surface area contributed by atoms with E-state index in [1.165, 1.54) is 0 Å². The van der Waals surface area contributed by atoms with Gasteiger partial charge in [0, 0.05) is 46.2 Å². The molecule has 0 aromatic rings. The number of rotatable bonds is 5. The molecule has 1 heterocycles. The van der Waals surface area contributed by atoms with Gasteiger partial charge < -0.3 is 4.90 Å². The second kappa shape index (κ2) is 9.01. The van der Waals surface area contributed by atoms with Crippen molar-refractivity contribution >= 4 is 23.2 Å². The lowest BCUT2D eigenvalue weighted by atomic mass is 9.91. The minimum Gasteiger partial charge on any atom is -0.312 e. The molecule has 0 N–H and O–H groups in total. The number of hydrogen-bond donors (Lipinski definition) is 0. The minimum atomic E-state index is -0.108. The van der Waals surface area contributed by atoms with Gasteiger partial charge in [-0.05, 0) is 45.8 Å². The van der Waals surface area contributed by atoms with Crippen molar-refractivity contribution in [1.29, 1.82) is 0 Å². The van der Waals surface area contributed by atoms with E-state index in [-0.39, 0.29) is 11.8 Å². The molecule has 1 amide bonds. The zero-order chi connectivity index (χ0) is 20.1. The van der Waals surface area contributed by atoms with Crippen LogP contribution >= 0.6 is 11.6 Å². The van der Waals surface area contributed by atoms with E-state index in [1.807, 2.05) is 52.0 Å². The van der Waals surface area contributed by atoms with Gasteiger partial charge in [0.25, 0.3) is 5.91 Å². The lowest BCUT2D eigenvalue weighted by molar-refractivity contribution is -0.125. The van der Waals surface area contributed by atoms with Crippen LogP contribution in [0.1, 0.15) is 34.1 Å². The molecule has 0 saturated heterocycles. The largest absolute Gasteiger partial charge is 0.312 e. The number of nitrogens with zero attached hydrogens (tertiary/aromatic N) is 2. The molecular weight excluding hydrogens is 356 g/mol. The van der Waals surface area contributed by atoms with Crippen LogP contribution in [0.3, 0.4) is 0 Å². The van der Waals surface area contributed by atoms with Gasteiger partial charge >= 0.3 is 0 Å². The highest BCUT2D eigenvalue weighted by molar-refractivity contribution is 6.33. The first-order valence-corrected chi connectivity index (χ1v) is 9.48. The Balaban J connectivity index is 2.48. The Morgan fingerprint density at radius 3 is 2.63 bits per heavy atom. The second-order valence-corrected chi connectivity index (χ2v) is 7.26. The number of allylic oxidation sites excluding steroid dienone is 7. The van der Waals surface area contributed by atoms with Crippen LogP contribution in [-0.2, 0) is 4.79 Å². The molecule has 1 unspecified atom stereocenters. The highest BCUT2D eigenvalue weighted by Gasteiger charge is 2.31. The molecule has 4 heteroatoms. The normalized spacial score (nSPS) is 20.6. The lowest BCUT2D eigenvalue weighted by Crippen LogP contribution is -2.37. The molecular formula is C23H27ClN2O. The van der Waals surface area contributed by atoms with Crippen molar-refractivity contribution in [2.24, 2.45) is 10.9 Å². The van der Waals surface area contributed by atoms with Crippen LogP contribution in [-0.4, -0.2) is 23.1 Å². The number of carbonyl (C=O) groups is 1. The Morgan fingerprint density at radius 1 is 1.33 bits per heavy atom. The molecule has 3 nitrogen and oxygen atoms in total. The fourth-order valence-corrected chi connectivity index (χ4v) is 3.31. The molecule has 0 spiro atoms. The highest BCUT2D eigenvalue weighted by atomic mass is 35.5. The highest BCUT2D eigenvalue weighted by Crippen LogP contribution is 2.35. The van der Waals surface area contributed by atoms with E-state index in [2.05, 4.69) is 24.2 Å². The quantitative estimate of drug-likeness (QED) is 0.548. The van der Waals surface area contributed by atoms with E-state index in [1.54, 1.807) is 11.1 Å². The number of amides is 1. The second-order valence-electron chi connectivity index (χ2n) is 6.85. The summed E-state index contributed by atoms with van der Waals surface area (Å²) in [5, 5.41) is 0.551. The first-order valence-electron chi connectivity index (χ1n) is 9.10. The van der Waals surface area contributed by atoms with Gasteiger partial charge in [0.1, 0.15) is 0 Å². The van der Waals surface area contributed by atoms with Gasteiger partial charge in [-0.2, -0.15) is 0 Å². The van der Waals surface area contributed by atoms with Gasteiger partial charge in [-0.15, -0.1) is 0 Å². The van der Waals surface area contributed by atoms with Crippen molar-refractivity contribution in [2.45, 2.75) is 34.1 Å². The molecule has 0 fully saturated rings. The lowest BCUT2D eigenvalue weighted by Gasteiger charge is -2.33. The summed E-state index contributed by atoms with van der Waals surface area (Å²) < 4.78 is 0. The predicted molar refractivity (Wildman–Crippen MR) is 116 cm³/mol. The van der Waals surface area contributed by atoms with Gasteiger partial charge in [-0.1, -0.05) is 54.6 Å². The van der Waals surface area contributed by atoms with E-state index in [0.29, 0.717) is 23.6 Å². The van der Waals surface area contributed by atoms with Gasteiger partial charge in [0.15, 0.2) is 0 Å². The molecule has 0 bridgehead atoms. The first-order chi connectivity index (χ1) is 12.8. The summed E-state index contributed by atoms with van der Waals surface area (Å²) in [5.41, 5.74) is 5.03. The maximum absolute atomic E-state index is 13.1. The molecule has 1 aliphatic carbocycles. The summed E-state index contributed by atoms with van der Waals surface area (Å²) in [6, 6.07) is 0. The van der Waals surface area contributed by atoms with Crippen molar-refractivity contribution in [3.05, 3.63) is 82.8 Å². The summed E-state index contributed by atoms with van der Waals surface area (Å²) in [5.74, 6) is -0.179. The van der Waals surface area contributed by atoms with Crippen LogP contribution in [0.2, 0.25) is 0 Å². The van der Waals surface area contributed by atoms with Crippen molar-refractivity contribution in [2.75, 3.05) is 6.54 Å². The van der Waals surface area contributed by atoms with Gasteiger partial charge in [0.05, 0.1) is 0 Å². The molecule has 2 aliphatic rings. The van der Waals surface area contributed by atoms with Crippen LogP contribution < -0.4 is 0 Å². The smallest absolute Gasteiger partial charge is 0.258 e. The average Bonchev–Trinajstić information content (AvgIpc) is 2.79. The average molecular weight is 383 g/mol. The van der Waals surface area contributed by atoms with Crippen LogP contribution in [0.4, 0.5) is 0 Å². The monoisotopic (exact) mass is 382 g/mol. The summed E-state index contributed by atoms with van der Waals surface area (Å²) >= 11 is 6.58. The van der Waals surface area contributed by atoms with Crippen molar-refractivity contribution < 1.29 is 4.79 Å². The SMILES string of the molecule is C=C(C)C1=CCC=C(C2=CC(C=CN=C(C)C)C(=C)N(CC)C2=O)C(Cl)=C1. The summed E-state index contributed by atoms with van der Waals surface area (Å²) in [6.45, 7) is 16.4. The number of halogens is 1. The van der Waals surface area contributed by atoms with Gasteiger partial charge in [-0.25, -0.2) is 0 Å². The van der Waals surface area contributed by atoms with Crippen molar-refractivity contribution in [3.63, 3.8) is 0 Å². The molecule has 0 saturated carbocycles. The summed E-state index contributed by atoms with van der Waals surface area (Å²) in [7, 11) is 0. The van der Waals surface area contributed by atoms with Crippen LogP contribution in [0.5, 0.6) is 0 Å². The number of carbonyl (C=O) groups excluding carboxylic acids is 1. The van der Waals surface area contributed by atoms with Crippen LogP contribution in [0.15, 0.2) is 87.8 Å². The van der Waals surface area contributed by atoms with E-state index in [4.69, 9.17) is 11.6 Å². The maximum atomic E-state index is 13.1. The first kappa shape index (κ1) is 20.9. The number of hydrogen-bond acceptors (Lipinski definition) is 2. The third-order valence-electron chi connectivity index (χ3n) is 4.48. The number of likely N-dealkylation sites (N-methyl/N-ethyl adjacent to an activating group) is 1. The van der Waals surface area contributed by atoms with Crippen LogP contribution in [0.25, 0.3) is 0 Å². The van der Waals surface area contributed by atoms with E-state index in [9.17, 15) is 4.79 Å². The van der Waals surface area contributed by atoms with Gasteiger partial charge in [-0.3, -0.25) is 9.79 Å². The molecule has 1 aliphatic heterocycles. The Hall–Kier alpha value is -2.39. The summed E-state index contributed by atoms with van der Waals surface area (Å²) in [4.78, 5) is 19.1. The third-order valence-corrected chi connectivity index (χ3v) is 4.79. The fraction of sp³-hybridized carbons (Fsp3) is 0.304. The van der Waals surface area contributed by atoms with E-state index >= 15 is 0 Å². The topological polar surface area (TPSA) is 32.7 Å². The third kappa shape index (κ3) is 4.86. The Morgan fingerprint density at radius 2 is 2.04 bits per heavy atom. The zero-order valence-electron chi connectivity index (χ0n) is 16.6. The van der Waals surface area contributed by atoms with Gasteiger partial charge in [0.2, 0.25) is 0 Å². The molecule has 0 aromatic heterocycles. The van der Waals surface area contributed by atoms with Crippen molar-refractivity contribution in [1.82, 2.24) is 4.90 Å². The van der Waals surface area contributed by atoms with E-state index < -0.39 is 0 Å².